The van der Waals surface area contributed by atoms with Crippen LogP contribution in [0, 0.1) is 21.4 Å². The van der Waals surface area contributed by atoms with Gasteiger partial charge in [-0.15, -0.1) is 0 Å². The number of carbonyl (C=O) groups is 2. The Morgan fingerprint density at radius 3 is 2.56 bits per heavy atom. The Morgan fingerprint density at radius 1 is 1.15 bits per heavy atom. The van der Waals surface area contributed by atoms with Gasteiger partial charge in [-0.3, -0.25) is 19.7 Å². The van der Waals surface area contributed by atoms with Gasteiger partial charge in [0.05, 0.1) is 22.6 Å². The van der Waals surface area contributed by atoms with Gasteiger partial charge < -0.3 is 15.0 Å². The van der Waals surface area contributed by atoms with Gasteiger partial charge >= 0.3 is 0 Å². The molecule has 4 rings (SSSR count). The maximum Gasteiger partial charge on any atom is 0.273 e. The molecule has 0 bridgehead atoms. The largest absolute Gasteiger partial charge is 0.478 e. The molecular formula is C25H20N4O5. The number of hydrogen-bond donors (Lipinski definition) is 1. The summed E-state index contributed by atoms with van der Waals surface area (Å²) in [5.41, 5.74) is 2.56. The molecule has 1 fully saturated rings. The maximum absolute atomic E-state index is 13.1. The van der Waals surface area contributed by atoms with Crippen LogP contribution in [-0.4, -0.2) is 27.7 Å². The number of nitriles is 1. The summed E-state index contributed by atoms with van der Waals surface area (Å²) in [6, 6.07) is 21.3. The number of likely N-dealkylation sites (tertiary alicyclic amines) is 1. The molecule has 0 unspecified atom stereocenters. The molecule has 3 aromatic carbocycles. The molecule has 2 amide bonds. The summed E-state index contributed by atoms with van der Waals surface area (Å²) in [6.45, 7) is 1.69. The highest BCUT2D eigenvalue weighted by Crippen LogP contribution is 2.39. The van der Waals surface area contributed by atoms with Crippen LogP contribution in [0.5, 0.6) is 5.75 Å². The van der Waals surface area contributed by atoms with E-state index in [9.17, 15) is 19.7 Å². The molecule has 1 heterocycles. The number of nitro benzene ring substituents is 1. The first-order valence-corrected chi connectivity index (χ1v) is 10.4. The number of amides is 2. The number of carbonyl (C=O) groups excluding carboxylic acids is 2. The molecule has 1 saturated heterocycles. The van der Waals surface area contributed by atoms with E-state index in [1.807, 2.05) is 6.07 Å². The molecule has 0 aliphatic carbocycles. The minimum absolute atomic E-state index is 0.133. The van der Waals surface area contributed by atoms with Crippen LogP contribution in [0.4, 0.5) is 11.4 Å². The molecule has 0 saturated carbocycles. The third-order valence-electron chi connectivity index (χ3n) is 5.42. The Morgan fingerprint density at radius 2 is 1.88 bits per heavy atom. The van der Waals surface area contributed by atoms with E-state index >= 15 is 0 Å². The van der Waals surface area contributed by atoms with Gasteiger partial charge in [0.25, 0.3) is 11.6 Å². The smallest absolute Gasteiger partial charge is 0.273 e. The molecule has 0 radical (unpaired) electrons. The van der Waals surface area contributed by atoms with E-state index in [0.29, 0.717) is 11.3 Å². The summed E-state index contributed by atoms with van der Waals surface area (Å²) < 4.78 is 5.90. The third-order valence-corrected chi connectivity index (χ3v) is 5.42. The Kier molecular flexibility index (Phi) is 6.23. The van der Waals surface area contributed by atoms with Crippen molar-refractivity contribution in [2.24, 2.45) is 0 Å². The Bertz CT molecular complexity index is 1300. The number of nitro groups is 1. The monoisotopic (exact) mass is 456 g/mol. The fourth-order valence-corrected chi connectivity index (χ4v) is 3.88. The fourth-order valence-electron chi connectivity index (χ4n) is 3.88. The summed E-state index contributed by atoms with van der Waals surface area (Å²) in [7, 11) is 0. The van der Waals surface area contributed by atoms with Crippen LogP contribution >= 0.6 is 0 Å². The van der Waals surface area contributed by atoms with E-state index in [1.54, 1.807) is 53.4 Å². The normalized spacial score (nSPS) is 16.8. The Balaban J connectivity index is 1.62. The SMILES string of the molecule is CC(=O)Nc1cccc(CN2C(=O)[C@@H](Oc3cccc([N+](=O)[O-])c3)[C@H]2c2ccc(C#N)cc2)c1. The maximum atomic E-state index is 13.1. The lowest BCUT2D eigenvalue weighted by molar-refractivity contribution is -0.385. The molecule has 34 heavy (non-hydrogen) atoms. The van der Waals surface area contributed by atoms with Crippen LogP contribution in [0.3, 0.4) is 0 Å². The average Bonchev–Trinajstić information content (AvgIpc) is 2.83. The van der Waals surface area contributed by atoms with Gasteiger partial charge in [0, 0.05) is 25.2 Å². The van der Waals surface area contributed by atoms with E-state index in [1.165, 1.54) is 25.1 Å². The predicted molar refractivity (Wildman–Crippen MR) is 123 cm³/mol. The lowest BCUT2D eigenvalue weighted by Crippen LogP contribution is -2.60. The van der Waals surface area contributed by atoms with Gasteiger partial charge in [-0.25, -0.2) is 0 Å². The standard InChI is InChI=1S/C25H20N4O5/c1-16(30)27-20-5-2-4-18(12-20)15-28-23(19-10-8-17(14-26)9-11-19)24(25(28)31)34-22-7-3-6-21(13-22)29(32)33/h2-13,23-24H,15H2,1H3,(H,27,30)/t23-,24+/m1/s1. The number of β-lactam (4-membered cyclic amide) rings is 1. The van der Waals surface area contributed by atoms with E-state index in [0.717, 1.165) is 11.1 Å². The minimum Gasteiger partial charge on any atom is -0.478 e. The van der Waals surface area contributed by atoms with Gasteiger partial charge in [-0.1, -0.05) is 30.3 Å². The quantitative estimate of drug-likeness (QED) is 0.326. The Hall–Kier alpha value is -4.71. The molecule has 1 N–H and O–H groups in total. The third kappa shape index (κ3) is 4.71. The molecule has 9 nitrogen and oxygen atoms in total. The predicted octanol–water partition coefficient (Wildman–Crippen LogP) is 3.96. The zero-order chi connectivity index (χ0) is 24.2. The van der Waals surface area contributed by atoms with E-state index in [2.05, 4.69) is 11.4 Å². The van der Waals surface area contributed by atoms with Crippen LogP contribution in [0.1, 0.15) is 29.7 Å². The van der Waals surface area contributed by atoms with Crippen molar-refractivity contribution < 1.29 is 19.2 Å². The second kappa shape index (κ2) is 9.42. The number of benzene rings is 3. The molecule has 9 heteroatoms. The fraction of sp³-hybridized carbons (Fsp3) is 0.160. The first-order valence-electron chi connectivity index (χ1n) is 10.4. The van der Waals surface area contributed by atoms with Crippen molar-refractivity contribution in [2.45, 2.75) is 25.6 Å². The zero-order valence-electron chi connectivity index (χ0n) is 18.2. The minimum atomic E-state index is -0.881. The number of ether oxygens (including phenoxy) is 1. The number of rotatable bonds is 7. The second-order valence-electron chi connectivity index (χ2n) is 7.82. The zero-order valence-corrected chi connectivity index (χ0v) is 18.2. The van der Waals surface area contributed by atoms with Crippen molar-refractivity contribution in [2.75, 3.05) is 5.32 Å². The molecule has 1 aliphatic rings. The molecule has 2 atom stereocenters. The van der Waals surface area contributed by atoms with Crippen molar-refractivity contribution in [1.82, 2.24) is 4.90 Å². The second-order valence-corrected chi connectivity index (χ2v) is 7.82. The van der Waals surface area contributed by atoms with Crippen LogP contribution < -0.4 is 10.1 Å². The molecule has 3 aromatic rings. The first-order chi connectivity index (χ1) is 16.4. The average molecular weight is 456 g/mol. The lowest BCUT2D eigenvalue weighted by Gasteiger charge is -2.46. The van der Waals surface area contributed by atoms with Crippen LogP contribution in [0.2, 0.25) is 0 Å². The van der Waals surface area contributed by atoms with E-state index in [-0.39, 0.29) is 29.8 Å². The van der Waals surface area contributed by atoms with E-state index in [4.69, 9.17) is 10.00 Å². The lowest BCUT2D eigenvalue weighted by atomic mass is 9.89. The topological polar surface area (TPSA) is 126 Å². The summed E-state index contributed by atoms with van der Waals surface area (Å²) in [4.78, 5) is 36.7. The van der Waals surface area contributed by atoms with Crippen molar-refractivity contribution in [3.63, 3.8) is 0 Å². The summed E-state index contributed by atoms with van der Waals surface area (Å²) in [5, 5.41) is 22.9. The van der Waals surface area contributed by atoms with Crippen LogP contribution in [0.25, 0.3) is 0 Å². The molecule has 170 valence electrons. The number of nitrogens with one attached hydrogen (secondary N) is 1. The summed E-state index contributed by atoms with van der Waals surface area (Å²) in [5.74, 6) is -0.248. The molecule has 0 spiro atoms. The number of anilines is 1. The number of hydrogen-bond acceptors (Lipinski definition) is 6. The van der Waals surface area contributed by atoms with Gasteiger partial charge in [-0.2, -0.15) is 5.26 Å². The number of nitrogens with zero attached hydrogens (tertiary/aromatic N) is 3. The van der Waals surface area contributed by atoms with E-state index < -0.39 is 17.1 Å². The van der Waals surface area contributed by atoms with Crippen molar-refractivity contribution >= 4 is 23.2 Å². The van der Waals surface area contributed by atoms with Crippen molar-refractivity contribution in [1.29, 1.82) is 5.26 Å². The van der Waals surface area contributed by atoms with Crippen molar-refractivity contribution in [3.8, 4) is 11.8 Å². The van der Waals surface area contributed by atoms with Gasteiger partial charge in [-0.05, 0) is 41.5 Å². The van der Waals surface area contributed by atoms with Gasteiger partial charge in [0.15, 0.2) is 0 Å². The molecular weight excluding hydrogens is 436 g/mol. The Labute approximate surface area is 195 Å². The molecule has 1 aliphatic heterocycles. The number of non-ortho nitro benzene ring substituents is 1. The van der Waals surface area contributed by atoms with Crippen molar-refractivity contribution in [3.05, 3.63) is 99.6 Å². The van der Waals surface area contributed by atoms with Crippen LogP contribution in [-0.2, 0) is 16.1 Å². The molecule has 0 aromatic heterocycles. The summed E-state index contributed by atoms with van der Waals surface area (Å²) >= 11 is 0. The van der Waals surface area contributed by atoms with Crippen LogP contribution in [0.15, 0.2) is 72.8 Å². The van der Waals surface area contributed by atoms with Gasteiger partial charge in [0.1, 0.15) is 11.8 Å². The first kappa shape index (κ1) is 22.5. The highest BCUT2D eigenvalue weighted by Gasteiger charge is 2.50. The highest BCUT2D eigenvalue weighted by molar-refractivity contribution is 5.90. The van der Waals surface area contributed by atoms with Gasteiger partial charge in [0.2, 0.25) is 12.0 Å². The highest BCUT2D eigenvalue weighted by atomic mass is 16.6. The summed E-state index contributed by atoms with van der Waals surface area (Å²) in [6.07, 6.45) is -0.881.